The van der Waals surface area contributed by atoms with Crippen molar-refractivity contribution in [1.82, 2.24) is 10.3 Å². The van der Waals surface area contributed by atoms with Gasteiger partial charge in [-0.05, 0) is 92.1 Å². The second-order valence-corrected chi connectivity index (χ2v) is 11.0. The highest BCUT2D eigenvalue weighted by Crippen LogP contribution is 2.39. The Morgan fingerprint density at radius 3 is 2.71 bits per heavy atom. The Kier molecular flexibility index (Phi) is 8.26. The van der Waals surface area contributed by atoms with Gasteiger partial charge in [0.1, 0.15) is 10.8 Å². The average Bonchev–Trinajstić information content (AvgIpc) is 3.50. The van der Waals surface area contributed by atoms with Gasteiger partial charge in [0.15, 0.2) is 0 Å². The lowest BCUT2D eigenvalue weighted by Gasteiger charge is -2.31. The van der Waals surface area contributed by atoms with Crippen molar-refractivity contribution in [2.75, 3.05) is 25.0 Å². The lowest BCUT2D eigenvalue weighted by atomic mass is 9.97. The van der Waals surface area contributed by atoms with Crippen LogP contribution >= 0.6 is 11.3 Å². The first-order chi connectivity index (χ1) is 18.5. The van der Waals surface area contributed by atoms with Gasteiger partial charge in [0.05, 0.1) is 11.8 Å². The molecule has 2 aromatic carbocycles. The largest absolute Gasteiger partial charge is 0.396 e. The summed E-state index contributed by atoms with van der Waals surface area (Å²) in [7, 11) is 0. The Morgan fingerprint density at radius 1 is 1.11 bits per heavy atom. The van der Waals surface area contributed by atoms with Gasteiger partial charge in [-0.3, -0.25) is 14.5 Å². The third-order valence-electron chi connectivity index (χ3n) is 7.16. The van der Waals surface area contributed by atoms with Gasteiger partial charge in [-0.25, -0.2) is 9.82 Å². The molecular formula is C29H31FN4O3S. The summed E-state index contributed by atoms with van der Waals surface area (Å²) in [6.07, 6.45) is 5.99. The number of aliphatic hydroxyl groups excluding tert-OH is 1. The Hall–Kier alpha value is -3.40. The highest BCUT2D eigenvalue weighted by Gasteiger charge is 2.28. The van der Waals surface area contributed by atoms with Crippen LogP contribution in [0.15, 0.2) is 53.6 Å². The molecule has 1 saturated heterocycles. The first-order valence-corrected chi connectivity index (χ1v) is 13.8. The molecule has 2 amide bonds. The molecule has 3 aromatic rings. The third-order valence-corrected chi connectivity index (χ3v) is 8.37. The molecule has 2 aliphatic rings. The zero-order valence-electron chi connectivity index (χ0n) is 21.1. The van der Waals surface area contributed by atoms with E-state index in [1.165, 1.54) is 29.7 Å². The quantitative estimate of drug-likeness (QED) is 0.291. The number of piperidine rings is 1. The predicted octanol–water partition coefficient (Wildman–Crippen LogP) is 4.60. The van der Waals surface area contributed by atoms with Gasteiger partial charge in [0.2, 0.25) is 0 Å². The monoisotopic (exact) mass is 534 g/mol. The molecule has 1 aromatic heterocycles. The molecule has 0 bridgehead atoms. The fourth-order valence-electron chi connectivity index (χ4n) is 5.11. The van der Waals surface area contributed by atoms with Crippen molar-refractivity contribution in [3.05, 3.63) is 87.0 Å². The van der Waals surface area contributed by atoms with Crippen LogP contribution in [0.5, 0.6) is 0 Å². The van der Waals surface area contributed by atoms with E-state index >= 15 is 0 Å². The molecule has 9 heteroatoms. The molecule has 3 N–H and O–H groups in total. The van der Waals surface area contributed by atoms with E-state index in [-0.39, 0.29) is 18.3 Å². The van der Waals surface area contributed by atoms with Crippen molar-refractivity contribution in [3.63, 3.8) is 0 Å². The van der Waals surface area contributed by atoms with Gasteiger partial charge < -0.3 is 10.4 Å². The number of carbonyl (C=O) groups excluding carboxylic acids is 2. The minimum atomic E-state index is -0.396. The van der Waals surface area contributed by atoms with Crippen LogP contribution in [0.25, 0.3) is 0 Å². The zero-order valence-corrected chi connectivity index (χ0v) is 21.9. The molecule has 0 unspecified atom stereocenters. The molecule has 198 valence electrons. The third kappa shape index (κ3) is 6.18. The van der Waals surface area contributed by atoms with Crippen LogP contribution in [0.2, 0.25) is 0 Å². The molecule has 5 rings (SSSR count). The van der Waals surface area contributed by atoms with Crippen LogP contribution in [0.3, 0.4) is 0 Å². The van der Waals surface area contributed by atoms with Gasteiger partial charge in [-0.15, -0.1) is 11.3 Å². The number of nitrogens with zero attached hydrogens (tertiary/aromatic N) is 2. The number of carbonyl (C=O) groups is 2. The maximum atomic E-state index is 13.4. The van der Waals surface area contributed by atoms with E-state index in [0.29, 0.717) is 27.6 Å². The van der Waals surface area contributed by atoms with Gasteiger partial charge in [0.25, 0.3) is 11.8 Å². The van der Waals surface area contributed by atoms with Crippen molar-refractivity contribution in [3.8, 4) is 0 Å². The number of likely N-dealkylation sites (tertiary alicyclic amines) is 1. The number of aliphatic hydroxyl groups is 1. The topological polar surface area (TPSA) is 94.0 Å². The van der Waals surface area contributed by atoms with Crippen LogP contribution in [0.1, 0.15) is 61.5 Å². The van der Waals surface area contributed by atoms with Crippen LogP contribution < -0.4 is 10.7 Å². The Balaban J connectivity index is 1.27. The van der Waals surface area contributed by atoms with E-state index in [0.717, 1.165) is 67.7 Å². The zero-order chi connectivity index (χ0) is 26.5. The highest BCUT2D eigenvalue weighted by molar-refractivity contribution is 7.17. The molecule has 0 saturated carbocycles. The summed E-state index contributed by atoms with van der Waals surface area (Å²) in [5, 5.41) is 16.9. The second kappa shape index (κ2) is 12.0. The minimum Gasteiger partial charge on any atom is -0.396 e. The number of amides is 2. The fraction of sp³-hybridized carbons (Fsp3) is 0.345. The number of anilines is 1. The molecule has 1 fully saturated rings. The van der Waals surface area contributed by atoms with E-state index in [1.807, 2.05) is 18.2 Å². The predicted molar refractivity (Wildman–Crippen MR) is 147 cm³/mol. The van der Waals surface area contributed by atoms with Crippen molar-refractivity contribution in [2.45, 2.75) is 38.6 Å². The van der Waals surface area contributed by atoms with E-state index in [1.54, 1.807) is 18.2 Å². The number of thiophene rings is 1. The number of rotatable bonds is 8. The van der Waals surface area contributed by atoms with Crippen LogP contribution in [0, 0.1) is 11.7 Å². The summed E-state index contributed by atoms with van der Waals surface area (Å²) in [6, 6.07) is 13.5. The van der Waals surface area contributed by atoms with Crippen molar-refractivity contribution >= 4 is 34.4 Å². The Bertz CT molecular complexity index is 1350. The molecule has 2 heterocycles. The minimum absolute atomic E-state index is 0.245. The van der Waals surface area contributed by atoms with Crippen molar-refractivity contribution in [2.24, 2.45) is 11.0 Å². The van der Waals surface area contributed by atoms with E-state index < -0.39 is 5.91 Å². The number of hydrogen-bond donors (Lipinski definition) is 3. The van der Waals surface area contributed by atoms with Gasteiger partial charge in [0, 0.05) is 23.6 Å². The number of benzene rings is 2. The number of hydrogen-bond acceptors (Lipinski definition) is 6. The Labute approximate surface area is 225 Å². The smallest absolute Gasteiger partial charge is 0.274 e. The van der Waals surface area contributed by atoms with Crippen LogP contribution in [-0.4, -0.2) is 47.7 Å². The van der Waals surface area contributed by atoms with E-state index in [9.17, 15) is 19.1 Å². The average molecular weight is 535 g/mol. The SMILES string of the molecule is O=C(Nc1sc2c(c1C(=O)NN=Cc1cccc(F)c1)CCC2)c1cccc(CN2CCC(CO)CC2)c1. The molecule has 0 spiro atoms. The summed E-state index contributed by atoms with van der Waals surface area (Å²) in [4.78, 5) is 29.8. The summed E-state index contributed by atoms with van der Waals surface area (Å²) in [5.41, 5.74) is 6.08. The molecule has 0 atom stereocenters. The normalized spacial score (nSPS) is 16.1. The maximum absolute atomic E-state index is 13.4. The first kappa shape index (κ1) is 26.2. The van der Waals surface area contributed by atoms with Crippen molar-refractivity contribution in [1.29, 1.82) is 0 Å². The number of halogens is 1. The summed E-state index contributed by atoms with van der Waals surface area (Å²) in [6.45, 7) is 2.86. The second-order valence-electron chi connectivity index (χ2n) is 9.87. The van der Waals surface area contributed by atoms with Crippen molar-refractivity contribution < 1.29 is 19.1 Å². The van der Waals surface area contributed by atoms with Crippen LogP contribution in [-0.2, 0) is 19.4 Å². The number of hydrazone groups is 1. The number of nitrogens with one attached hydrogen (secondary N) is 2. The van der Waals surface area contributed by atoms with Gasteiger partial charge in [-0.2, -0.15) is 5.10 Å². The number of aryl methyl sites for hydroxylation is 1. The molecule has 0 radical (unpaired) electrons. The van der Waals surface area contributed by atoms with E-state index in [4.69, 9.17) is 0 Å². The summed E-state index contributed by atoms with van der Waals surface area (Å²) < 4.78 is 13.4. The molecule has 1 aliphatic carbocycles. The molecular weight excluding hydrogens is 503 g/mol. The summed E-state index contributed by atoms with van der Waals surface area (Å²) >= 11 is 1.44. The molecule has 7 nitrogen and oxygen atoms in total. The summed E-state index contributed by atoms with van der Waals surface area (Å²) in [5.74, 6) is -0.652. The highest BCUT2D eigenvalue weighted by atomic mass is 32.1. The maximum Gasteiger partial charge on any atom is 0.274 e. The van der Waals surface area contributed by atoms with E-state index in [2.05, 4.69) is 20.7 Å². The first-order valence-electron chi connectivity index (χ1n) is 13.0. The van der Waals surface area contributed by atoms with Gasteiger partial charge in [-0.1, -0.05) is 24.3 Å². The standard InChI is InChI=1S/C29H31FN4O3S/c30-23-7-2-4-20(15-23)16-31-33-28(37)26-24-8-3-9-25(24)38-29(26)32-27(36)22-6-1-5-21(14-22)17-34-12-10-19(18-35)11-13-34/h1-2,4-7,14-16,19,35H,3,8-13,17-18H2,(H,32,36)(H,33,37). The van der Waals surface area contributed by atoms with Gasteiger partial charge >= 0.3 is 0 Å². The lowest BCUT2D eigenvalue weighted by molar-refractivity contribution is 0.0955. The molecule has 1 aliphatic heterocycles. The van der Waals surface area contributed by atoms with Crippen LogP contribution in [0.4, 0.5) is 9.39 Å². The number of fused-ring (bicyclic) bond motifs is 1. The lowest BCUT2D eigenvalue weighted by Crippen LogP contribution is -2.34. The fourth-order valence-corrected chi connectivity index (χ4v) is 6.39. The molecule has 38 heavy (non-hydrogen) atoms. The Morgan fingerprint density at radius 2 is 1.92 bits per heavy atom.